The molecule has 2 rings (SSSR count). The van der Waals surface area contributed by atoms with Crippen molar-refractivity contribution in [3.05, 3.63) is 71.8 Å². The minimum Gasteiger partial charge on any atom is -0.298 e. The lowest BCUT2D eigenvalue weighted by molar-refractivity contribution is 1.42. The lowest BCUT2D eigenvalue weighted by Crippen LogP contribution is -2.15. The van der Waals surface area contributed by atoms with E-state index in [1.807, 2.05) is 60.7 Å². The van der Waals surface area contributed by atoms with Crippen molar-refractivity contribution < 1.29 is 0 Å². The van der Waals surface area contributed by atoms with Crippen LogP contribution in [0, 0.1) is 5.41 Å². The number of nitrogens with one attached hydrogen (secondary N) is 1. The molecule has 0 saturated carbocycles. The Morgan fingerprint density at radius 3 is 1.76 bits per heavy atom. The Kier molecular flexibility index (Phi) is 3.46. The molecular weight excluding hydrogens is 208 g/mol. The normalized spacial score (nSPS) is 11.2. The highest BCUT2D eigenvalue weighted by Crippen LogP contribution is 2.08. The van der Waals surface area contributed by atoms with E-state index in [-0.39, 0.29) is 0 Å². The van der Waals surface area contributed by atoms with E-state index < -0.39 is 0 Å². The zero-order valence-electron chi connectivity index (χ0n) is 9.72. The van der Waals surface area contributed by atoms with E-state index >= 15 is 0 Å². The quantitative estimate of drug-likeness (QED) is 0.774. The molecule has 0 radical (unpaired) electrons. The molecule has 1 N–H and O–H groups in total. The van der Waals surface area contributed by atoms with E-state index in [0.717, 1.165) is 16.8 Å². The molecule has 2 aromatic carbocycles. The molecule has 0 amide bonds. The van der Waals surface area contributed by atoms with E-state index in [0.29, 0.717) is 5.71 Å². The molecule has 84 valence electrons. The molecule has 0 fully saturated rings. The molecule has 0 aromatic heterocycles. The van der Waals surface area contributed by atoms with Crippen LogP contribution < -0.4 is 0 Å². The summed E-state index contributed by atoms with van der Waals surface area (Å²) in [5.41, 5.74) is 3.04. The van der Waals surface area contributed by atoms with E-state index in [1.54, 1.807) is 7.05 Å². The fourth-order valence-electron chi connectivity index (χ4n) is 1.72. The van der Waals surface area contributed by atoms with Gasteiger partial charge in [0, 0.05) is 18.2 Å². The summed E-state index contributed by atoms with van der Waals surface area (Å²) >= 11 is 0. The highest BCUT2D eigenvalue weighted by molar-refractivity contribution is 6.52. The molecule has 2 nitrogen and oxygen atoms in total. The van der Waals surface area contributed by atoms with Crippen LogP contribution in [-0.2, 0) is 0 Å². The summed E-state index contributed by atoms with van der Waals surface area (Å²) in [5.74, 6) is 0. The molecule has 0 aliphatic carbocycles. The molecule has 0 atom stereocenters. The van der Waals surface area contributed by atoms with Gasteiger partial charge in [0.25, 0.3) is 0 Å². The van der Waals surface area contributed by atoms with Gasteiger partial charge in [-0.2, -0.15) is 0 Å². The Balaban J connectivity index is 2.37. The van der Waals surface area contributed by atoms with Crippen LogP contribution in [0.4, 0.5) is 0 Å². The van der Waals surface area contributed by atoms with E-state index in [9.17, 15) is 0 Å². The van der Waals surface area contributed by atoms with Gasteiger partial charge in [-0.05, 0) is 0 Å². The first-order valence-electron chi connectivity index (χ1n) is 5.49. The fourth-order valence-corrected chi connectivity index (χ4v) is 1.72. The van der Waals surface area contributed by atoms with Crippen LogP contribution in [0.3, 0.4) is 0 Å². The SMILES string of the molecule is C/N=C(\C(=N)c1ccccc1)c1ccccc1. The summed E-state index contributed by atoms with van der Waals surface area (Å²) in [5, 5.41) is 8.19. The van der Waals surface area contributed by atoms with Gasteiger partial charge in [0.2, 0.25) is 0 Å². The summed E-state index contributed by atoms with van der Waals surface area (Å²) in [6.07, 6.45) is 0. The first kappa shape index (κ1) is 11.3. The van der Waals surface area contributed by atoms with Crippen molar-refractivity contribution in [2.75, 3.05) is 7.05 Å². The Labute approximate surface area is 101 Å². The summed E-state index contributed by atoms with van der Waals surface area (Å²) in [7, 11) is 1.72. The highest BCUT2D eigenvalue weighted by Gasteiger charge is 2.10. The van der Waals surface area contributed by atoms with Gasteiger partial charge in [0.15, 0.2) is 0 Å². The minimum atomic E-state index is 0.458. The predicted molar refractivity (Wildman–Crippen MR) is 72.2 cm³/mol. The highest BCUT2D eigenvalue weighted by atomic mass is 14.7. The lowest BCUT2D eigenvalue weighted by atomic mass is 10.00. The van der Waals surface area contributed by atoms with Gasteiger partial charge in [0.05, 0.1) is 11.4 Å². The van der Waals surface area contributed by atoms with Crippen LogP contribution in [0.5, 0.6) is 0 Å². The van der Waals surface area contributed by atoms with Crippen LogP contribution >= 0.6 is 0 Å². The van der Waals surface area contributed by atoms with Crippen LogP contribution in [0.25, 0.3) is 0 Å². The second-order valence-electron chi connectivity index (χ2n) is 3.68. The van der Waals surface area contributed by atoms with Gasteiger partial charge in [-0.25, -0.2) is 0 Å². The summed E-state index contributed by atoms with van der Waals surface area (Å²) in [4.78, 5) is 4.23. The van der Waals surface area contributed by atoms with Crippen LogP contribution in [0.2, 0.25) is 0 Å². The zero-order chi connectivity index (χ0) is 12.1. The Morgan fingerprint density at radius 2 is 1.29 bits per heavy atom. The van der Waals surface area contributed by atoms with Gasteiger partial charge < -0.3 is 0 Å². The van der Waals surface area contributed by atoms with E-state index in [2.05, 4.69) is 4.99 Å². The molecule has 0 heterocycles. The minimum absolute atomic E-state index is 0.458. The summed E-state index contributed by atoms with van der Waals surface area (Å²) in [6.45, 7) is 0. The first-order valence-corrected chi connectivity index (χ1v) is 5.49. The largest absolute Gasteiger partial charge is 0.298 e. The number of rotatable bonds is 3. The van der Waals surface area contributed by atoms with Crippen molar-refractivity contribution in [2.24, 2.45) is 4.99 Å². The van der Waals surface area contributed by atoms with Gasteiger partial charge in [-0.3, -0.25) is 10.4 Å². The predicted octanol–water partition coefficient (Wildman–Crippen LogP) is 3.17. The Bertz CT molecular complexity index is 527. The number of nitrogens with zero attached hydrogens (tertiary/aromatic N) is 1. The fraction of sp³-hybridized carbons (Fsp3) is 0.0667. The van der Waals surface area contributed by atoms with Gasteiger partial charge in [-0.1, -0.05) is 60.7 Å². The standard InChI is InChI=1S/C15H14N2/c1-17-15(13-10-6-3-7-11-13)14(16)12-8-4-2-5-9-12/h2-11,16H,1H3/b16-14?,17-15-. The van der Waals surface area contributed by atoms with E-state index in [1.165, 1.54) is 0 Å². The monoisotopic (exact) mass is 222 g/mol. The third-order valence-corrected chi connectivity index (χ3v) is 2.57. The van der Waals surface area contributed by atoms with Gasteiger partial charge in [-0.15, -0.1) is 0 Å². The summed E-state index contributed by atoms with van der Waals surface area (Å²) in [6, 6.07) is 19.5. The van der Waals surface area contributed by atoms with Gasteiger partial charge in [0.1, 0.15) is 0 Å². The molecule has 0 aliphatic heterocycles. The van der Waals surface area contributed by atoms with Crippen LogP contribution in [0.1, 0.15) is 11.1 Å². The Hall–Kier alpha value is -2.22. The third kappa shape index (κ3) is 2.48. The van der Waals surface area contributed by atoms with Crippen molar-refractivity contribution in [2.45, 2.75) is 0 Å². The molecule has 0 bridgehead atoms. The number of hydrogen-bond donors (Lipinski definition) is 1. The van der Waals surface area contributed by atoms with Gasteiger partial charge >= 0.3 is 0 Å². The second-order valence-corrected chi connectivity index (χ2v) is 3.68. The average molecular weight is 222 g/mol. The maximum atomic E-state index is 8.19. The van der Waals surface area contributed by atoms with Crippen LogP contribution in [0.15, 0.2) is 65.7 Å². The number of aliphatic imine (C=N–C) groups is 1. The molecule has 0 spiro atoms. The average Bonchev–Trinajstić information content (AvgIpc) is 2.42. The Morgan fingerprint density at radius 1 is 0.824 bits per heavy atom. The molecule has 2 heteroatoms. The second kappa shape index (κ2) is 5.21. The molecule has 17 heavy (non-hydrogen) atoms. The molecule has 2 aromatic rings. The van der Waals surface area contributed by atoms with Crippen molar-refractivity contribution in [3.63, 3.8) is 0 Å². The smallest absolute Gasteiger partial charge is 0.0898 e. The maximum Gasteiger partial charge on any atom is 0.0898 e. The maximum absolute atomic E-state index is 8.19. The van der Waals surface area contributed by atoms with Crippen LogP contribution in [-0.4, -0.2) is 18.5 Å². The van der Waals surface area contributed by atoms with Crippen molar-refractivity contribution in [3.8, 4) is 0 Å². The lowest BCUT2D eigenvalue weighted by Gasteiger charge is -2.07. The molecule has 0 unspecified atom stereocenters. The third-order valence-electron chi connectivity index (χ3n) is 2.57. The first-order chi connectivity index (χ1) is 8.33. The number of benzene rings is 2. The van der Waals surface area contributed by atoms with E-state index in [4.69, 9.17) is 5.41 Å². The topological polar surface area (TPSA) is 36.2 Å². The zero-order valence-corrected chi connectivity index (χ0v) is 9.72. The van der Waals surface area contributed by atoms with Crippen molar-refractivity contribution >= 4 is 11.4 Å². The van der Waals surface area contributed by atoms with Crippen molar-refractivity contribution in [1.29, 1.82) is 5.41 Å². The molecular formula is C15H14N2. The molecule has 0 aliphatic rings. The summed E-state index contributed by atoms with van der Waals surface area (Å²) < 4.78 is 0. The van der Waals surface area contributed by atoms with Crippen molar-refractivity contribution in [1.82, 2.24) is 0 Å². The molecule has 0 saturated heterocycles. The number of hydrogen-bond acceptors (Lipinski definition) is 2.